The minimum Gasteiger partial charge on any atom is -0.486 e. The minimum atomic E-state index is -0.403. The molecule has 0 bridgehead atoms. The van der Waals surface area contributed by atoms with E-state index in [1.54, 1.807) is 24.4 Å². The number of aromatic nitrogens is 2. The molecule has 186 valence electrons. The SMILES string of the molecule is CC(C)(C)c1nc2ccc(Br)cc2c(=O)n1N=Cc1cc(Br)c(OCc2ccc(Cl)cc2Cl)c(Br)c1. The van der Waals surface area contributed by atoms with Gasteiger partial charge in [-0.15, -0.1) is 0 Å². The molecule has 0 aliphatic heterocycles. The van der Waals surface area contributed by atoms with Crippen LogP contribution >= 0.6 is 71.0 Å². The fraction of sp³-hybridized carbons (Fsp3) is 0.192. The minimum absolute atomic E-state index is 0.236. The Morgan fingerprint density at radius 3 is 2.36 bits per heavy atom. The zero-order valence-corrected chi connectivity index (χ0v) is 25.7. The Labute approximate surface area is 243 Å². The Balaban J connectivity index is 1.68. The van der Waals surface area contributed by atoms with Crippen LogP contribution in [-0.2, 0) is 12.0 Å². The van der Waals surface area contributed by atoms with Crippen LogP contribution < -0.4 is 10.3 Å². The van der Waals surface area contributed by atoms with Gasteiger partial charge in [-0.1, -0.05) is 66.0 Å². The van der Waals surface area contributed by atoms with Gasteiger partial charge < -0.3 is 4.74 Å². The lowest BCUT2D eigenvalue weighted by molar-refractivity contribution is 0.302. The number of hydrogen-bond donors (Lipinski definition) is 0. The van der Waals surface area contributed by atoms with Gasteiger partial charge >= 0.3 is 0 Å². The van der Waals surface area contributed by atoms with Gasteiger partial charge in [0, 0.05) is 25.5 Å². The third-order valence-corrected chi connectivity index (χ3v) is 7.47. The van der Waals surface area contributed by atoms with Gasteiger partial charge in [-0.05, 0) is 79.9 Å². The van der Waals surface area contributed by atoms with Crippen molar-refractivity contribution in [1.82, 2.24) is 9.66 Å². The number of fused-ring (bicyclic) bond motifs is 1. The van der Waals surface area contributed by atoms with Gasteiger partial charge in [-0.25, -0.2) is 4.98 Å². The zero-order valence-electron chi connectivity index (χ0n) is 19.5. The smallest absolute Gasteiger partial charge is 0.282 e. The van der Waals surface area contributed by atoms with Gasteiger partial charge in [-0.2, -0.15) is 9.78 Å². The lowest BCUT2D eigenvalue weighted by Gasteiger charge is -2.21. The molecule has 36 heavy (non-hydrogen) atoms. The van der Waals surface area contributed by atoms with E-state index < -0.39 is 5.41 Å². The summed E-state index contributed by atoms with van der Waals surface area (Å²) < 4.78 is 9.60. The number of halogens is 5. The van der Waals surface area contributed by atoms with E-state index in [2.05, 4.69) is 52.9 Å². The van der Waals surface area contributed by atoms with Crippen LogP contribution in [0.5, 0.6) is 5.75 Å². The molecule has 0 N–H and O–H groups in total. The molecule has 3 aromatic carbocycles. The van der Waals surface area contributed by atoms with Crippen molar-refractivity contribution in [1.29, 1.82) is 0 Å². The summed E-state index contributed by atoms with van der Waals surface area (Å²) in [6, 6.07) is 14.5. The zero-order chi connectivity index (χ0) is 26.2. The van der Waals surface area contributed by atoms with Crippen LogP contribution in [0.25, 0.3) is 10.9 Å². The first-order chi connectivity index (χ1) is 16.9. The van der Waals surface area contributed by atoms with Crippen LogP contribution in [0.2, 0.25) is 10.0 Å². The van der Waals surface area contributed by atoms with E-state index in [9.17, 15) is 4.79 Å². The predicted octanol–water partition coefficient (Wildman–Crippen LogP) is 8.75. The van der Waals surface area contributed by atoms with Crippen molar-refractivity contribution in [2.75, 3.05) is 0 Å². The van der Waals surface area contributed by atoms with E-state index >= 15 is 0 Å². The predicted molar refractivity (Wildman–Crippen MR) is 158 cm³/mol. The van der Waals surface area contributed by atoms with Gasteiger partial charge in [0.2, 0.25) is 0 Å². The number of rotatable bonds is 5. The molecule has 4 rings (SSSR count). The van der Waals surface area contributed by atoms with Crippen LogP contribution in [0.3, 0.4) is 0 Å². The molecule has 0 aliphatic carbocycles. The maximum absolute atomic E-state index is 13.4. The van der Waals surface area contributed by atoms with E-state index in [1.165, 1.54) is 4.68 Å². The first-order valence-corrected chi connectivity index (χ1v) is 13.9. The number of benzene rings is 3. The van der Waals surface area contributed by atoms with Gasteiger partial charge in [0.15, 0.2) is 0 Å². The summed E-state index contributed by atoms with van der Waals surface area (Å²) in [7, 11) is 0. The Kier molecular flexibility index (Phi) is 8.32. The summed E-state index contributed by atoms with van der Waals surface area (Å²) in [6.45, 7) is 6.26. The summed E-state index contributed by atoms with van der Waals surface area (Å²) >= 11 is 22.8. The van der Waals surface area contributed by atoms with Crippen LogP contribution in [-0.4, -0.2) is 15.9 Å². The third-order valence-electron chi connectivity index (χ3n) is 5.21. The average Bonchev–Trinajstić information content (AvgIpc) is 2.78. The average molecular weight is 717 g/mol. The molecule has 4 aromatic rings. The molecular formula is C26H20Br3Cl2N3O2. The van der Waals surface area contributed by atoms with Crippen molar-refractivity contribution in [3.63, 3.8) is 0 Å². The summed E-state index contributed by atoms with van der Waals surface area (Å²) in [6.07, 6.45) is 1.62. The molecule has 0 spiro atoms. The van der Waals surface area contributed by atoms with Crippen molar-refractivity contribution in [3.8, 4) is 5.75 Å². The number of ether oxygens (including phenoxy) is 1. The van der Waals surface area contributed by atoms with Gasteiger partial charge in [-0.3, -0.25) is 4.79 Å². The number of hydrogen-bond acceptors (Lipinski definition) is 4. The lowest BCUT2D eigenvalue weighted by atomic mass is 9.95. The molecule has 1 heterocycles. The van der Waals surface area contributed by atoms with Gasteiger partial charge in [0.25, 0.3) is 5.56 Å². The molecule has 0 atom stereocenters. The summed E-state index contributed by atoms with van der Waals surface area (Å²) in [5, 5.41) is 6.13. The summed E-state index contributed by atoms with van der Waals surface area (Å²) in [4.78, 5) is 18.1. The Bertz CT molecular complexity index is 1540. The Morgan fingerprint density at radius 1 is 1.03 bits per heavy atom. The van der Waals surface area contributed by atoms with Crippen molar-refractivity contribution in [2.45, 2.75) is 32.8 Å². The maximum Gasteiger partial charge on any atom is 0.282 e. The molecule has 0 saturated heterocycles. The standard InChI is InChI=1S/C26H20Br3Cl2N3O2/c1-26(2,3)25-33-22-7-5-16(27)10-18(22)24(35)34(25)32-12-14-8-19(28)23(20(29)9-14)36-13-15-4-6-17(30)11-21(15)31/h4-12H,13H2,1-3H3. The normalized spacial score (nSPS) is 12.0. The second kappa shape index (κ2) is 11.0. The largest absolute Gasteiger partial charge is 0.486 e. The van der Waals surface area contributed by atoms with E-state index in [-0.39, 0.29) is 12.2 Å². The van der Waals surface area contributed by atoms with Crippen LogP contribution in [0.1, 0.15) is 37.7 Å². The highest BCUT2D eigenvalue weighted by atomic mass is 79.9. The molecule has 1 aromatic heterocycles. The molecule has 0 amide bonds. The third kappa shape index (κ3) is 6.05. The fourth-order valence-electron chi connectivity index (χ4n) is 3.45. The van der Waals surface area contributed by atoms with Crippen molar-refractivity contribution >= 4 is 88.1 Å². The fourth-order valence-corrected chi connectivity index (χ4v) is 5.72. The van der Waals surface area contributed by atoms with E-state index in [1.807, 2.05) is 51.1 Å². The van der Waals surface area contributed by atoms with Crippen molar-refractivity contribution in [2.24, 2.45) is 5.10 Å². The van der Waals surface area contributed by atoms with Gasteiger partial charge in [0.1, 0.15) is 18.2 Å². The highest BCUT2D eigenvalue weighted by Gasteiger charge is 2.23. The molecule has 0 unspecified atom stereocenters. The van der Waals surface area contributed by atoms with Crippen molar-refractivity contribution < 1.29 is 4.74 Å². The topological polar surface area (TPSA) is 56.5 Å². The summed E-state index contributed by atoms with van der Waals surface area (Å²) in [5.41, 5.74) is 1.56. The van der Waals surface area contributed by atoms with E-state index in [4.69, 9.17) is 32.9 Å². The lowest BCUT2D eigenvalue weighted by Crippen LogP contribution is -2.29. The van der Waals surface area contributed by atoms with Crippen molar-refractivity contribution in [3.05, 3.63) is 99.3 Å². The number of nitrogens with zero attached hydrogens (tertiary/aromatic N) is 3. The monoisotopic (exact) mass is 713 g/mol. The molecule has 5 nitrogen and oxygen atoms in total. The Morgan fingerprint density at radius 2 is 1.72 bits per heavy atom. The molecule has 0 aliphatic rings. The van der Waals surface area contributed by atoms with E-state index in [0.29, 0.717) is 41.5 Å². The second-order valence-corrected chi connectivity index (χ2v) is 12.5. The molecule has 10 heteroatoms. The van der Waals surface area contributed by atoms with Crippen LogP contribution in [0, 0.1) is 0 Å². The Hall–Kier alpha value is -1.71. The second-order valence-electron chi connectivity index (χ2n) is 9.05. The molecule has 0 saturated carbocycles. The molecule has 0 radical (unpaired) electrons. The van der Waals surface area contributed by atoms with Crippen LogP contribution in [0.15, 0.2) is 71.8 Å². The first-order valence-electron chi connectivity index (χ1n) is 10.8. The first kappa shape index (κ1) is 27.3. The summed E-state index contributed by atoms with van der Waals surface area (Å²) in [5.74, 6) is 1.18. The van der Waals surface area contributed by atoms with Crippen LogP contribution in [0.4, 0.5) is 0 Å². The quantitative estimate of drug-likeness (QED) is 0.194. The molecule has 0 fully saturated rings. The highest BCUT2D eigenvalue weighted by molar-refractivity contribution is 9.11. The van der Waals surface area contributed by atoms with Gasteiger partial charge in [0.05, 0.1) is 26.1 Å². The molecular weight excluding hydrogens is 697 g/mol. The maximum atomic E-state index is 13.4. The highest BCUT2D eigenvalue weighted by Crippen LogP contribution is 2.35. The van der Waals surface area contributed by atoms with E-state index in [0.717, 1.165) is 15.6 Å².